The summed E-state index contributed by atoms with van der Waals surface area (Å²) in [6.07, 6.45) is 0. The van der Waals surface area contributed by atoms with E-state index in [4.69, 9.17) is 11.6 Å². The average Bonchev–Trinajstić information content (AvgIpc) is 2.17. The first-order chi connectivity index (χ1) is 7.70. The molecule has 1 aromatic carbocycles. The molecule has 7 heteroatoms. The normalized spacial score (nSPS) is 13.5. The van der Waals surface area contributed by atoms with E-state index in [1.54, 1.807) is 0 Å². The Morgan fingerprint density at radius 3 is 2.53 bits per heavy atom. The molecule has 1 atom stereocenters. The summed E-state index contributed by atoms with van der Waals surface area (Å²) in [5.74, 6) is -0.414. The Hall–Kier alpha value is -0.200. The van der Waals surface area contributed by atoms with E-state index in [1.165, 1.54) is 25.1 Å². The molecule has 17 heavy (non-hydrogen) atoms. The maximum absolute atomic E-state index is 12.2. The highest BCUT2D eigenvalue weighted by Gasteiger charge is 2.29. The summed E-state index contributed by atoms with van der Waals surface area (Å²) >= 11 is 8.47. The maximum atomic E-state index is 12.2. The van der Waals surface area contributed by atoms with Gasteiger partial charge >= 0.3 is 5.51 Å². The van der Waals surface area contributed by atoms with Crippen molar-refractivity contribution in [3.05, 3.63) is 28.2 Å². The van der Waals surface area contributed by atoms with Gasteiger partial charge in [0, 0.05) is 14.9 Å². The molecule has 0 aromatic heterocycles. The van der Waals surface area contributed by atoms with Gasteiger partial charge in [0.05, 0.1) is 5.38 Å². The first kappa shape index (κ1) is 14.9. The quantitative estimate of drug-likeness (QED) is 0.441. The van der Waals surface area contributed by atoms with E-state index in [1.807, 2.05) is 0 Å². The smallest absolute Gasteiger partial charge is 0.292 e. The van der Waals surface area contributed by atoms with Crippen LogP contribution >= 0.6 is 39.3 Å². The standard InChI is InChI=1S/C10H7BrClF3OS/c1-5(12)9(16)7-4-6(2-3-8(7)11)17-10(13,14)15/h2-5H,1H3. The summed E-state index contributed by atoms with van der Waals surface area (Å²) in [5, 5.41) is -0.780. The third-order valence-electron chi connectivity index (χ3n) is 1.80. The van der Waals surface area contributed by atoms with Gasteiger partial charge in [0.1, 0.15) is 0 Å². The minimum Gasteiger partial charge on any atom is -0.292 e. The molecule has 0 bridgehead atoms. The van der Waals surface area contributed by atoms with E-state index in [2.05, 4.69) is 15.9 Å². The van der Waals surface area contributed by atoms with Crippen LogP contribution in [0.15, 0.2) is 27.6 Å². The van der Waals surface area contributed by atoms with Crippen molar-refractivity contribution in [2.75, 3.05) is 0 Å². The Bertz CT molecular complexity index is 434. The summed E-state index contributed by atoms with van der Waals surface area (Å²) in [6, 6.07) is 3.88. The predicted octanol–water partition coefficient (Wildman–Crippen LogP) is 4.87. The lowest BCUT2D eigenvalue weighted by Gasteiger charge is -2.09. The second-order valence-corrected chi connectivity index (χ2v) is 5.82. The Morgan fingerprint density at radius 1 is 1.47 bits per heavy atom. The van der Waals surface area contributed by atoms with Gasteiger partial charge in [-0.05, 0) is 36.9 Å². The minimum absolute atomic E-state index is 0.0404. The van der Waals surface area contributed by atoms with Crippen molar-refractivity contribution in [3.8, 4) is 0 Å². The van der Waals surface area contributed by atoms with Crippen LogP contribution in [0, 0.1) is 0 Å². The monoisotopic (exact) mass is 346 g/mol. The van der Waals surface area contributed by atoms with Crippen molar-refractivity contribution in [2.24, 2.45) is 0 Å². The van der Waals surface area contributed by atoms with Crippen LogP contribution in [0.5, 0.6) is 0 Å². The fourth-order valence-electron chi connectivity index (χ4n) is 1.10. The highest BCUT2D eigenvalue weighted by molar-refractivity contribution is 9.10. The summed E-state index contributed by atoms with van der Waals surface area (Å²) in [5.41, 5.74) is -4.22. The Labute approximate surface area is 114 Å². The van der Waals surface area contributed by atoms with Crippen molar-refractivity contribution in [1.29, 1.82) is 0 Å². The van der Waals surface area contributed by atoms with Gasteiger partial charge < -0.3 is 0 Å². The Balaban J connectivity index is 3.07. The van der Waals surface area contributed by atoms with Crippen LogP contribution in [0.25, 0.3) is 0 Å². The second kappa shape index (κ2) is 5.63. The molecule has 0 aliphatic rings. The predicted molar refractivity (Wildman–Crippen MR) is 65.7 cm³/mol. The summed E-state index contributed by atoms with van der Waals surface area (Å²) in [6.45, 7) is 1.47. The van der Waals surface area contributed by atoms with E-state index >= 15 is 0 Å². The van der Waals surface area contributed by atoms with E-state index in [0.717, 1.165) is 0 Å². The van der Waals surface area contributed by atoms with Crippen molar-refractivity contribution in [2.45, 2.75) is 22.7 Å². The number of carbonyl (C=O) groups excluding carboxylic acids is 1. The number of carbonyl (C=O) groups is 1. The lowest BCUT2D eigenvalue weighted by atomic mass is 10.1. The molecule has 0 spiro atoms. The molecule has 1 aromatic rings. The third kappa shape index (κ3) is 4.52. The molecule has 0 saturated carbocycles. The van der Waals surface area contributed by atoms with E-state index in [0.29, 0.717) is 4.47 Å². The summed E-state index contributed by atoms with van der Waals surface area (Å²) < 4.78 is 37.0. The Morgan fingerprint density at radius 2 is 2.06 bits per heavy atom. The van der Waals surface area contributed by atoms with Crippen molar-refractivity contribution in [3.63, 3.8) is 0 Å². The Kier molecular flexibility index (Phi) is 4.92. The van der Waals surface area contributed by atoms with Gasteiger partial charge in [-0.3, -0.25) is 4.79 Å². The van der Waals surface area contributed by atoms with Gasteiger partial charge in [-0.2, -0.15) is 13.2 Å². The largest absolute Gasteiger partial charge is 0.446 e. The van der Waals surface area contributed by atoms with Crippen molar-refractivity contribution < 1.29 is 18.0 Å². The lowest BCUT2D eigenvalue weighted by molar-refractivity contribution is -0.0328. The number of hydrogen-bond acceptors (Lipinski definition) is 2. The number of hydrogen-bond donors (Lipinski definition) is 0. The summed E-state index contributed by atoms with van der Waals surface area (Å²) in [7, 11) is 0. The second-order valence-electron chi connectivity index (χ2n) is 3.17. The van der Waals surface area contributed by atoms with Crippen LogP contribution in [0.1, 0.15) is 17.3 Å². The molecule has 1 rings (SSSR count). The molecule has 1 unspecified atom stereocenters. The zero-order valence-corrected chi connectivity index (χ0v) is 11.7. The molecule has 0 aliphatic heterocycles. The number of Topliss-reactive ketones (excluding diaryl/α,β-unsaturated/α-hetero) is 1. The zero-order valence-electron chi connectivity index (χ0n) is 8.52. The van der Waals surface area contributed by atoms with Crippen LogP contribution in [0.4, 0.5) is 13.2 Å². The fraction of sp³-hybridized carbons (Fsp3) is 0.300. The summed E-state index contributed by atoms with van der Waals surface area (Å²) in [4.78, 5) is 11.6. The van der Waals surface area contributed by atoms with E-state index < -0.39 is 16.7 Å². The molecule has 94 valence electrons. The highest BCUT2D eigenvalue weighted by Crippen LogP contribution is 2.38. The maximum Gasteiger partial charge on any atom is 0.446 e. The van der Waals surface area contributed by atoms with Crippen LogP contribution < -0.4 is 0 Å². The molecule has 0 fully saturated rings. The number of halogens is 5. The van der Waals surface area contributed by atoms with Crippen molar-refractivity contribution >= 4 is 45.1 Å². The van der Waals surface area contributed by atoms with E-state index in [-0.39, 0.29) is 22.2 Å². The highest BCUT2D eigenvalue weighted by atomic mass is 79.9. The number of rotatable bonds is 3. The van der Waals surface area contributed by atoms with Gasteiger partial charge in [-0.1, -0.05) is 15.9 Å². The molecule has 0 radical (unpaired) electrons. The molecule has 0 amide bonds. The number of alkyl halides is 4. The molecule has 0 saturated heterocycles. The van der Waals surface area contributed by atoms with Crippen molar-refractivity contribution in [1.82, 2.24) is 0 Å². The van der Waals surface area contributed by atoms with Crippen LogP contribution in [-0.4, -0.2) is 16.7 Å². The van der Waals surface area contributed by atoms with E-state index in [9.17, 15) is 18.0 Å². The third-order valence-corrected chi connectivity index (χ3v) is 3.41. The molecule has 0 N–H and O–H groups in total. The number of ketones is 1. The molecule has 0 heterocycles. The fourth-order valence-corrected chi connectivity index (χ4v) is 2.24. The topological polar surface area (TPSA) is 17.1 Å². The van der Waals surface area contributed by atoms with Crippen LogP contribution in [0.2, 0.25) is 0 Å². The van der Waals surface area contributed by atoms with Gasteiger partial charge in [0.25, 0.3) is 0 Å². The van der Waals surface area contributed by atoms with Gasteiger partial charge in [-0.15, -0.1) is 11.6 Å². The molecule has 1 nitrogen and oxygen atoms in total. The first-order valence-corrected chi connectivity index (χ1v) is 6.49. The average molecular weight is 348 g/mol. The van der Waals surface area contributed by atoms with Crippen LogP contribution in [-0.2, 0) is 0 Å². The number of thioether (sulfide) groups is 1. The number of benzene rings is 1. The SMILES string of the molecule is CC(Cl)C(=O)c1cc(SC(F)(F)F)ccc1Br. The molecular weight excluding hydrogens is 341 g/mol. The minimum atomic E-state index is -4.37. The first-order valence-electron chi connectivity index (χ1n) is 4.44. The lowest BCUT2D eigenvalue weighted by Crippen LogP contribution is -2.11. The van der Waals surface area contributed by atoms with Gasteiger partial charge in [-0.25, -0.2) is 0 Å². The van der Waals surface area contributed by atoms with Crippen LogP contribution in [0.3, 0.4) is 0 Å². The van der Waals surface area contributed by atoms with Gasteiger partial charge in [0.15, 0.2) is 5.78 Å². The zero-order chi connectivity index (χ0) is 13.2. The molecular formula is C10H7BrClF3OS. The molecule has 0 aliphatic carbocycles. The van der Waals surface area contributed by atoms with Gasteiger partial charge in [0.2, 0.25) is 0 Å².